The van der Waals surface area contributed by atoms with Gasteiger partial charge < -0.3 is 10.2 Å². The van der Waals surface area contributed by atoms with Gasteiger partial charge in [-0.3, -0.25) is 0 Å². The van der Waals surface area contributed by atoms with Crippen LogP contribution in [0.4, 0.5) is 24.8 Å². The zero-order valence-electron chi connectivity index (χ0n) is 11.0. The van der Waals surface area contributed by atoms with E-state index in [1.807, 2.05) is 4.90 Å². The molecule has 0 amide bonds. The fourth-order valence-electron chi connectivity index (χ4n) is 2.25. The largest absolute Gasteiger partial charge is 0.451 e. The number of hydrogen-bond donors (Lipinski definition) is 1. The zero-order valence-corrected chi connectivity index (χ0v) is 11.0. The summed E-state index contributed by atoms with van der Waals surface area (Å²) in [6, 6.07) is 1.56. The predicted molar refractivity (Wildman–Crippen MR) is 67.2 cm³/mol. The Morgan fingerprint density at radius 1 is 1.37 bits per heavy atom. The van der Waals surface area contributed by atoms with Gasteiger partial charge in [-0.15, -0.1) is 0 Å². The average molecular weight is 274 g/mol. The van der Waals surface area contributed by atoms with E-state index in [0.29, 0.717) is 11.7 Å². The highest BCUT2D eigenvalue weighted by Gasteiger charge is 2.36. The molecule has 1 aromatic rings. The number of halogens is 3. The van der Waals surface area contributed by atoms with Crippen molar-refractivity contribution in [3.8, 4) is 0 Å². The summed E-state index contributed by atoms with van der Waals surface area (Å²) in [7, 11) is 1.55. The fraction of sp³-hybridized carbons (Fsp3) is 0.667. The van der Waals surface area contributed by atoms with E-state index in [-0.39, 0.29) is 5.82 Å². The standard InChI is InChI=1S/C12H17F3N4/c1-8-4-3-5-19(7-8)10-6-9(16-2)17-11(18-10)12(13,14)15/h6,8H,3-5,7H2,1-2H3,(H,16,17,18). The van der Waals surface area contributed by atoms with Gasteiger partial charge in [-0.2, -0.15) is 13.2 Å². The van der Waals surface area contributed by atoms with E-state index >= 15 is 0 Å². The van der Waals surface area contributed by atoms with Gasteiger partial charge in [-0.05, 0) is 18.8 Å². The van der Waals surface area contributed by atoms with Crippen molar-refractivity contribution in [2.45, 2.75) is 25.9 Å². The summed E-state index contributed by atoms with van der Waals surface area (Å²) in [5.41, 5.74) is 0. The first-order valence-corrected chi connectivity index (χ1v) is 6.29. The lowest BCUT2D eigenvalue weighted by Crippen LogP contribution is -2.35. The van der Waals surface area contributed by atoms with Crippen LogP contribution in [0.15, 0.2) is 6.07 Å². The highest BCUT2D eigenvalue weighted by Crippen LogP contribution is 2.30. The van der Waals surface area contributed by atoms with Crippen LogP contribution < -0.4 is 10.2 Å². The Labute approximate surface area is 110 Å². The van der Waals surface area contributed by atoms with E-state index in [1.165, 1.54) is 0 Å². The van der Waals surface area contributed by atoms with Gasteiger partial charge in [-0.1, -0.05) is 6.92 Å². The topological polar surface area (TPSA) is 41.0 Å². The van der Waals surface area contributed by atoms with Crippen LogP contribution >= 0.6 is 0 Å². The monoisotopic (exact) mass is 274 g/mol. The second-order valence-electron chi connectivity index (χ2n) is 4.88. The lowest BCUT2D eigenvalue weighted by Gasteiger charge is -2.32. The van der Waals surface area contributed by atoms with Crippen LogP contribution in [0.25, 0.3) is 0 Å². The number of alkyl halides is 3. The number of anilines is 2. The molecule has 0 bridgehead atoms. The highest BCUT2D eigenvalue weighted by molar-refractivity contribution is 5.49. The minimum absolute atomic E-state index is 0.190. The molecule has 4 nitrogen and oxygen atoms in total. The maximum atomic E-state index is 12.8. The van der Waals surface area contributed by atoms with E-state index in [4.69, 9.17) is 0 Å². The quantitative estimate of drug-likeness (QED) is 0.900. The van der Waals surface area contributed by atoms with E-state index in [0.717, 1.165) is 25.9 Å². The van der Waals surface area contributed by atoms with E-state index in [9.17, 15) is 13.2 Å². The van der Waals surface area contributed by atoms with Gasteiger partial charge in [0, 0.05) is 26.2 Å². The molecule has 0 saturated carbocycles. The van der Waals surface area contributed by atoms with Crippen molar-refractivity contribution in [2.75, 3.05) is 30.4 Å². The Bertz CT molecular complexity index is 447. The van der Waals surface area contributed by atoms with Crippen molar-refractivity contribution in [1.29, 1.82) is 0 Å². The van der Waals surface area contributed by atoms with Crippen molar-refractivity contribution < 1.29 is 13.2 Å². The van der Waals surface area contributed by atoms with Crippen molar-refractivity contribution in [1.82, 2.24) is 9.97 Å². The minimum Gasteiger partial charge on any atom is -0.373 e. The van der Waals surface area contributed by atoms with Crippen LogP contribution in [-0.2, 0) is 6.18 Å². The Morgan fingerprint density at radius 2 is 2.11 bits per heavy atom. The first-order chi connectivity index (χ1) is 8.90. The number of aromatic nitrogens is 2. The van der Waals surface area contributed by atoms with Crippen LogP contribution in [0.3, 0.4) is 0 Å². The van der Waals surface area contributed by atoms with Crippen LogP contribution in [0, 0.1) is 5.92 Å². The molecule has 1 unspecified atom stereocenters. The SMILES string of the molecule is CNc1cc(N2CCCC(C)C2)nc(C(F)(F)F)n1. The first-order valence-electron chi connectivity index (χ1n) is 6.29. The molecule has 0 radical (unpaired) electrons. The van der Waals surface area contributed by atoms with Gasteiger partial charge in [0.2, 0.25) is 5.82 Å². The average Bonchev–Trinajstić information content (AvgIpc) is 2.37. The molecule has 1 fully saturated rings. The smallest absolute Gasteiger partial charge is 0.373 e. The lowest BCUT2D eigenvalue weighted by molar-refractivity contribution is -0.144. The maximum absolute atomic E-state index is 12.8. The summed E-state index contributed by atoms with van der Waals surface area (Å²) in [4.78, 5) is 9.02. The van der Waals surface area contributed by atoms with Gasteiger partial charge >= 0.3 is 6.18 Å². The maximum Gasteiger partial charge on any atom is 0.451 e. The summed E-state index contributed by atoms with van der Waals surface area (Å²) in [5, 5.41) is 2.65. The predicted octanol–water partition coefficient (Wildman–Crippen LogP) is 2.77. The molecule has 0 aliphatic carbocycles. The second kappa shape index (κ2) is 5.22. The third-order valence-corrected chi connectivity index (χ3v) is 3.20. The molecule has 1 atom stereocenters. The number of hydrogen-bond acceptors (Lipinski definition) is 4. The zero-order chi connectivity index (χ0) is 14.0. The molecule has 1 aromatic heterocycles. The lowest BCUT2D eigenvalue weighted by atomic mass is 10.0. The molecule has 1 aliphatic rings. The molecule has 106 valence electrons. The minimum atomic E-state index is -4.52. The van der Waals surface area contributed by atoms with Gasteiger partial charge in [0.15, 0.2) is 0 Å². The fourth-order valence-corrected chi connectivity index (χ4v) is 2.25. The Morgan fingerprint density at radius 3 is 2.68 bits per heavy atom. The van der Waals surface area contributed by atoms with Gasteiger partial charge in [-0.25, -0.2) is 9.97 Å². The third kappa shape index (κ3) is 3.27. The summed E-state index contributed by atoms with van der Waals surface area (Å²) in [5.74, 6) is -0.0857. The third-order valence-electron chi connectivity index (χ3n) is 3.20. The Kier molecular flexibility index (Phi) is 3.82. The summed E-state index contributed by atoms with van der Waals surface area (Å²) in [6.07, 6.45) is -2.45. The molecule has 1 aliphatic heterocycles. The normalized spacial score (nSPS) is 20.5. The van der Waals surface area contributed by atoms with Gasteiger partial charge in [0.05, 0.1) is 0 Å². The molecule has 0 spiro atoms. The van der Waals surface area contributed by atoms with Crippen LogP contribution in [0.5, 0.6) is 0 Å². The molecule has 1 N–H and O–H groups in total. The molecular weight excluding hydrogens is 257 g/mol. The summed E-state index contributed by atoms with van der Waals surface area (Å²) >= 11 is 0. The van der Waals surface area contributed by atoms with Gasteiger partial charge in [0.25, 0.3) is 0 Å². The van der Waals surface area contributed by atoms with Crippen molar-refractivity contribution >= 4 is 11.6 Å². The van der Waals surface area contributed by atoms with E-state index in [2.05, 4.69) is 22.2 Å². The van der Waals surface area contributed by atoms with E-state index < -0.39 is 12.0 Å². The van der Waals surface area contributed by atoms with Gasteiger partial charge in [0.1, 0.15) is 11.6 Å². The Hall–Kier alpha value is -1.53. The number of nitrogens with zero attached hydrogens (tertiary/aromatic N) is 3. The molecule has 2 rings (SSSR count). The molecule has 19 heavy (non-hydrogen) atoms. The van der Waals surface area contributed by atoms with Crippen LogP contribution in [0.2, 0.25) is 0 Å². The highest BCUT2D eigenvalue weighted by atomic mass is 19.4. The number of nitrogens with one attached hydrogen (secondary N) is 1. The van der Waals surface area contributed by atoms with Crippen molar-refractivity contribution in [2.24, 2.45) is 5.92 Å². The molecule has 2 heterocycles. The first kappa shape index (κ1) is 13.9. The van der Waals surface area contributed by atoms with Crippen LogP contribution in [-0.4, -0.2) is 30.1 Å². The molecule has 0 aromatic carbocycles. The summed E-state index contributed by atoms with van der Waals surface area (Å²) in [6.45, 7) is 3.57. The molecule has 7 heteroatoms. The van der Waals surface area contributed by atoms with Crippen molar-refractivity contribution in [3.63, 3.8) is 0 Å². The number of piperidine rings is 1. The second-order valence-corrected chi connectivity index (χ2v) is 4.88. The van der Waals surface area contributed by atoms with E-state index in [1.54, 1.807) is 13.1 Å². The van der Waals surface area contributed by atoms with Crippen LogP contribution in [0.1, 0.15) is 25.6 Å². The molecule has 1 saturated heterocycles. The number of rotatable bonds is 2. The molecular formula is C12H17F3N4. The van der Waals surface area contributed by atoms with Crippen molar-refractivity contribution in [3.05, 3.63) is 11.9 Å². The Balaban J connectivity index is 2.34. The summed E-state index contributed by atoms with van der Waals surface area (Å²) < 4.78 is 38.3.